The standard InChI is InChI=1S/C13H12ClF2N3O/c14-8-3-6-4-9(19-12(6)11(16)10(8)15)13(20)18-7-1-2-17-5-7/h3-4,7,17,19H,1-2,5H2,(H,18,20)/t7-/m0/s1. The first-order valence-electron chi connectivity index (χ1n) is 6.24. The molecule has 1 aromatic carbocycles. The molecule has 0 spiro atoms. The Morgan fingerprint density at radius 2 is 2.15 bits per heavy atom. The second kappa shape index (κ2) is 5.03. The predicted octanol–water partition coefficient (Wildman–Crippen LogP) is 2.19. The summed E-state index contributed by atoms with van der Waals surface area (Å²) in [6.07, 6.45) is 0.848. The van der Waals surface area contributed by atoms with Crippen LogP contribution in [0.5, 0.6) is 0 Å². The minimum Gasteiger partial charge on any atom is -0.348 e. The maximum absolute atomic E-state index is 13.7. The molecule has 106 valence electrons. The molecule has 3 rings (SSSR count). The van der Waals surface area contributed by atoms with Crippen molar-refractivity contribution >= 4 is 28.4 Å². The van der Waals surface area contributed by atoms with Crippen LogP contribution in [0.4, 0.5) is 8.78 Å². The van der Waals surface area contributed by atoms with Crippen molar-refractivity contribution in [3.05, 3.63) is 34.5 Å². The van der Waals surface area contributed by atoms with E-state index in [9.17, 15) is 13.6 Å². The van der Waals surface area contributed by atoms with E-state index >= 15 is 0 Å². The van der Waals surface area contributed by atoms with Gasteiger partial charge in [0.05, 0.1) is 10.5 Å². The van der Waals surface area contributed by atoms with E-state index in [0.717, 1.165) is 13.0 Å². The van der Waals surface area contributed by atoms with Crippen molar-refractivity contribution in [2.45, 2.75) is 12.5 Å². The normalized spacial score (nSPS) is 18.6. The quantitative estimate of drug-likeness (QED) is 0.745. The molecule has 0 saturated carbocycles. The Labute approximate surface area is 118 Å². The molecule has 4 nitrogen and oxygen atoms in total. The largest absolute Gasteiger partial charge is 0.348 e. The summed E-state index contributed by atoms with van der Waals surface area (Å²) in [5.74, 6) is -2.53. The Kier molecular flexibility index (Phi) is 3.35. The van der Waals surface area contributed by atoms with Gasteiger partial charge in [0.15, 0.2) is 11.6 Å². The van der Waals surface area contributed by atoms with Crippen LogP contribution in [0.25, 0.3) is 10.9 Å². The number of carbonyl (C=O) groups is 1. The average Bonchev–Trinajstić information content (AvgIpc) is 3.05. The third-order valence-electron chi connectivity index (χ3n) is 3.39. The van der Waals surface area contributed by atoms with Crippen molar-refractivity contribution in [3.63, 3.8) is 0 Å². The number of nitrogens with one attached hydrogen (secondary N) is 3. The zero-order valence-electron chi connectivity index (χ0n) is 10.4. The number of rotatable bonds is 2. The van der Waals surface area contributed by atoms with Crippen LogP contribution in [0.15, 0.2) is 12.1 Å². The SMILES string of the molecule is O=C(N[C@H]1CCNC1)c1cc2cc(Cl)c(F)c(F)c2[nH]1. The first kappa shape index (κ1) is 13.3. The molecule has 0 unspecified atom stereocenters. The third-order valence-corrected chi connectivity index (χ3v) is 3.67. The lowest BCUT2D eigenvalue weighted by molar-refractivity contribution is 0.0936. The van der Waals surface area contributed by atoms with E-state index in [1.807, 2.05) is 0 Å². The average molecular weight is 300 g/mol. The van der Waals surface area contributed by atoms with Crippen molar-refractivity contribution < 1.29 is 13.6 Å². The van der Waals surface area contributed by atoms with Crippen molar-refractivity contribution in [1.29, 1.82) is 0 Å². The second-order valence-electron chi connectivity index (χ2n) is 4.80. The van der Waals surface area contributed by atoms with E-state index in [1.54, 1.807) is 0 Å². The Hall–Kier alpha value is -1.66. The highest BCUT2D eigenvalue weighted by Gasteiger charge is 2.20. The summed E-state index contributed by atoms with van der Waals surface area (Å²) in [4.78, 5) is 14.6. The van der Waals surface area contributed by atoms with Gasteiger partial charge in [-0.15, -0.1) is 0 Å². The highest BCUT2D eigenvalue weighted by molar-refractivity contribution is 6.31. The number of amides is 1. The van der Waals surface area contributed by atoms with E-state index < -0.39 is 11.6 Å². The van der Waals surface area contributed by atoms with Crippen molar-refractivity contribution in [2.75, 3.05) is 13.1 Å². The van der Waals surface area contributed by atoms with Crippen LogP contribution >= 0.6 is 11.6 Å². The Morgan fingerprint density at radius 3 is 2.85 bits per heavy atom. The van der Waals surface area contributed by atoms with Crippen molar-refractivity contribution in [1.82, 2.24) is 15.6 Å². The van der Waals surface area contributed by atoms with Gasteiger partial charge < -0.3 is 15.6 Å². The van der Waals surface area contributed by atoms with Crippen molar-refractivity contribution in [2.24, 2.45) is 0 Å². The molecule has 1 aromatic heterocycles. The lowest BCUT2D eigenvalue weighted by Crippen LogP contribution is -2.36. The molecule has 1 fully saturated rings. The number of aromatic amines is 1. The van der Waals surface area contributed by atoms with Gasteiger partial charge in [0.1, 0.15) is 5.69 Å². The number of aromatic nitrogens is 1. The Balaban J connectivity index is 1.92. The van der Waals surface area contributed by atoms with Gasteiger partial charge in [-0.1, -0.05) is 11.6 Å². The maximum atomic E-state index is 13.7. The molecule has 7 heteroatoms. The molecule has 1 amide bonds. The van der Waals surface area contributed by atoms with Crippen LogP contribution in [0, 0.1) is 11.6 Å². The van der Waals surface area contributed by atoms with Gasteiger partial charge in [0.2, 0.25) is 0 Å². The highest BCUT2D eigenvalue weighted by atomic mass is 35.5. The van der Waals surface area contributed by atoms with Crippen LogP contribution in [0.3, 0.4) is 0 Å². The molecule has 20 heavy (non-hydrogen) atoms. The molecule has 2 heterocycles. The second-order valence-corrected chi connectivity index (χ2v) is 5.20. The first-order valence-corrected chi connectivity index (χ1v) is 6.62. The summed E-state index contributed by atoms with van der Waals surface area (Å²) < 4.78 is 27.1. The van der Waals surface area contributed by atoms with Crippen LogP contribution < -0.4 is 10.6 Å². The number of hydrogen-bond acceptors (Lipinski definition) is 2. The van der Waals surface area contributed by atoms with Gasteiger partial charge in [-0.25, -0.2) is 8.78 Å². The van der Waals surface area contributed by atoms with E-state index in [4.69, 9.17) is 11.6 Å². The molecular weight excluding hydrogens is 288 g/mol. The topological polar surface area (TPSA) is 56.9 Å². The van der Waals surface area contributed by atoms with Gasteiger partial charge in [-0.2, -0.15) is 0 Å². The van der Waals surface area contributed by atoms with Gasteiger partial charge in [0.25, 0.3) is 5.91 Å². The molecule has 1 atom stereocenters. The Morgan fingerprint density at radius 1 is 1.35 bits per heavy atom. The number of hydrogen-bond donors (Lipinski definition) is 3. The van der Waals surface area contributed by atoms with Gasteiger partial charge in [-0.05, 0) is 25.1 Å². The third kappa shape index (κ3) is 2.25. The van der Waals surface area contributed by atoms with E-state index in [1.165, 1.54) is 12.1 Å². The summed E-state index contributed by atoms with van der Waals surface area (Å²) in [5, 5.41) is 6.01. The number of benzene rings is 1. The number of fused-ring (bicyclic) bond motifs is 1. The number of halogens is 3. The lowest BCUT2D eigenvalue weighted by atomic mass is 10.2. The van der Waals surface area contributed by atoms with E-state index in [0.29, 0.717) is 11.9 Å². The predicted molar refractivity (Wildman–Crippen MR) is 72.0 cm³/mol. The van der Waals surface area contributed by atoms with Crippen molar-refractivity contribution in [3.8, 4) is 0 Å². The first-order chi connectivity index (χ1) is 9.56. The zero-order valence-corrected chi connectivity index (χ0v) is 11.2. The molecule has 2 aromatic rings. The van der Waals surface area contributed by atoms with Gasteiger partial charge >= 0.3 is 0 Å². The van der Waals surface area contributed by atoms with Crippen LogP contribution in [0.1, 0.15) is 16.9 Å². The Bertz CT molecular complexity index is 680. The molecule has 0 aliphatic carbocycles. The fraction of sp³-hybridized carbons (Fsp3) is 0.308. The fourth-order valence-electron chi connectivity index (χ4n) is 2.34. The summed E-state index contributed by atoms with van der Waals surface area (Å²) in [6.45, 7) is 1.56. The molecule has 1 aliphatic heterocycles. The van der Waals surface area contributed by atoms with E-state index in [-0.39, 0.29) is 28.2 Å². The van der Waals surface area contributed by atoms with Crippen LogP contribution in [-0.2, 0) is 0 Å². The summed E-state index contributed by atoms with van der Waals surface area (Å²) in [7, 11) is 0. The zero-order chi connectivity index (χ0) is 14.3. The van der Waals surface area contributed by atoms with E-state index in [2.05, 4.69) is 15.6 Å². The number of carbonyl (C=O) groups excluding carboxylic acids is 1. The molecule has 0 radical (unpaired) electrons. The minimum atomic E-state index is -1.12. The molecule has 0 bridgehead atoms. The highest BCUT2D eigenvalue weighted by Crippen LogP contribution is 2.27. The number of H-pyrrole nitrogens is 1. The summed E-state index contributed by atoms with van der Waals surface area (Å²) in [6, 6.07) is 2.81. The van der Waals surface area contributed by atoms with Gasteiger partial charge in [-0.3, -0.25) is 4.79 Å². The monoisotopic (exact) mass is 299 g/mol. The maximum Gasteiger partial charge on any atom is 0.267 e. The van der Waals surface area contributed by atoms with Crippen LogP contribution in [0.2, 0.25) is 5.02 Å². The van der Waals surface area contributed by atoms with Gasteiger partial charge in [0, 0.05) is 18.0 Å². The molecule has 3 N–H and O–H groups in total. The molecule has 1 saturated heterocycles. The van der Waals surface area contributed by atoms with Crippen LogP contribution in [-0.4, -0.2) is 30.0 Å². The minimum absolute atomic E-state index is 0.0541. The molecule has 1 aliphatic rings. The lowest BCUT2D eigenvalue weighted by Gasteiger charge is -2.09. The molecular formula is C13H12ClF2N3O. The summed E-state index contributed by atoms with van der Waals surface area (Å²) >= 11 is 5.58. The summed E-state index contributed by atoms with van der Waals surface area (Å²) in [5.41, 5.74) is 0.133. The fourth-order valence-corrected chi connectivity index (χ4v) is 2.54. The smallest absolute Gasteiger partial charge is 0.267 e.